The molecule has 0 spiro atoms. The van der Waals surface area contributed by atoms with Crippen molar-refractivity contribution in [1.29, 1.82) is 0 Å². The number of anilines is 1. The van der Waals surface area contributed by atoms with E-state index < -0.39 is 17.7 Å². The van der Waals surface area contributed by atoms with Crippen LogP contribution in [0.4, 0.5) is 5.13 Å². The van der Waals surface area contributed by atoms with E-state index in [1.165, 1.54) is 33.6 Å². The van der Waals surface area contributed by atoms with Crippen LogP contribution in [0.3, 0.4) is 0 Å². The average Bonchev–Trinajstić information content (AvgIpc) is 3.62. The van der Waals surface area contributed by atoms with Gasteiger partial charge in [0.1, 0.15) is 18.1 Å². The highest BCUT2D eigenvalue weighted by Gasteiger charge is 2.48. The van der Waals surface area contributed by atoms with Gasteiger partial charge >= 0.3 is 5.91 Å². The van der Waals surface area contributed by atoms with E-state index in [-0.39, 0.29) is 16.5 Å². The zero-order valence-electron chi connectivity index (χ0n) is 23.5. The number of carbonyl (C=O) groups excluding carboxylic acids is 2. The topological polar surface area (TPSA) is 92.6 Å². The summed E-state index contributed by atoms with van der Waals surface area (Å²) in [6.07, 6.45) is 0. The van der Waals surface area contributed by atoms with Gasteiger partial charge in [0.25, 0.3) is 5.78 Å². The molecule has 1 atom stereocenters. The third-order valence-corrected chi connectivity index (χ3v) is 9.45. The fourth-order valence-electron chi connectivity index (χ4n) is 4.81. The van der Waals surface area contributed by atoms with Gasteiger partial charge in [-0.05, 0) is 60.0 Å². The number of amides is 1. The molecule has 220 valence electrons. The molecule has 0 radical (unpaired) electrons. The lowest BCUT2D eigenvalue weighted by atomic mass is 9.95. The van der Waals surface area contributed by atoms with Crippen molar-refractivity contribution in [3.63, 3.8) is 0 Å². The molecule has 0 saturated carbocycles. The SMILES string of the molecule is Cc1ccc(CSc2nnc(N3C(=O)C(=O)C(=C(O)c4ccc(Cl)cc4)C3c3cccc(OCc4ccccc4)c3)s2)cc1. The number of rotatable bonds is 9. The minimum atomic E-state index is -0.964. The van der Waals surface area contributed by atoms with Gasteiger partial charge < -0.3 is 9.84 Å². The molecule has 4 aromatic carbocycles. The molecule has 1 fully saturated rings. The molecule has 10 heteroatoms. The Morgan fingerprint density at radius 3 is 2.43 bits per heavy atom. The number of aromatic nitrogens is 2. The minimum Gasteiger partial charge on any atom is -0.507 e. The molecule has 44 heavy (non-hydrogen) atoms. The maximum absolute atomic E-state index is 13.6. The monoisotopic (exact) mass is 639 g/mol. The predicted molar refractivity (Wildman–Crippen MR) is 174 cm³/mol. The second-order valence-electron chi connectivity index (χ2n) is 10.1. The Morgan fingerprint density at radius 1 is 0.932 bits per heavy atom. The van der Waals surface area contributed by atoms with Crippen LogP contribution in [0, 0.1) is 6.92 Å². The van der Waals surface area contributed by atoms with Crippen molar-refractivity contribution in [3.05, 3.63) is 142 Å². The molecule has 1 aliphatic heterocycles. The van der Waals surface area contributed by atoms with Crippen LogP contribution < -0.4 is 9.64 Å². The molecule has 1 N–H and O–H groups in total. The highest BCUT2D eigenvalue weighted by Crippen LogP contribution is 2.44. The molecular formula is C34H26ClN3O4S2. The third-order valence-electron chi connectivity index (χ3n) is 7.07. The number of aryl methyl sites for hydroxylation is 1. The lowest BCUT2D eigenvalue weighted by Crippen LogP contribution is -2.29. The first-order valence-corrected chi connectivity index (χ1v) is 15.9. The van der Waals surface area contributed by atoms with Gasteiger partial charge in [-0.2, -0.15) is 0 Å². The molecule has 0 bridgehead atoms. The average molecular weight is 640 g/mol. The van der Waals surface area contributed by atoms with Crippen molar-refractivity contribution in [2.75, 3.05) is 4.90 Å². The van der Waals surface area contributed by atoms with Crippen molar-refractivity contribution >= 4 is 57.3 Å². The molecule has 2 heterocycles. The molecule has 7 nitrogen and oxygen atoms in total. The van der Waals surface area contributed by atoms with E-state index in [4.69, 9.17) is 16.3 Å². The largest absolute Gasteiger partial charge is 0.507 e. The number of hydrogen-bond donors (Lipinski definition) is 1. The standard InChI is InChI=1S/C34H26ClN3O4S2/c1-21-10-12-23(13-11-21)20-43-34-37-36-33(44-34)38-29(25-8-5-9-27(18-25)42-19-22-6-3-2-4-7-22)28(31(40)32(38)41)30(39)24-14-16-26(35)17-15-24/h2-18,29,39H,19-20H2,1H3. The number of carbonyl (C=O) groups is 2. The Bertz CT molecular complexity index is 1840. The number of thioether (sulfide) groups is 1. The van der Waals surface area contributed by atoms with Crippen molar-refractivity contribution < 1.29 is 19.4 Å². The molecule has 1 aliphatic rings. The van der Waals surface area contributed by atoms with Crippen molar-refractivity contribution in [1.82, 2.24) is 10.2 Å². The molecular weight excluding hydrogens is 614 g/mol. The van der Waals surface area contributed by atoms with Crippen molar-refractivity contribution in [2.45, 2.75) is 29.7 Å². The summed E-state index contributed by atoms with van der Waals surface area (Å²) in [4.78, 5) is 28.5. The highest BCUT2D eigenvalue weighted by atomic mass is 35.5. The number of hydrogen-bond acceptors (Lipinski definition) is 8. The number of ether oxygens (including phenoxy) is 1. The second kappa shape index (κ2) is 13.1. The number of ketones is 1. The predicted octanol–water partition coefficient (Wildman–Crippen LogP) is 8.00. The van der Waals surface area contributed by atoms with Gasteiger partial charge in [-0.15, -0.1) is 10.2 Å². The Labute approximate surface area is 267 Å². The van der Waals surface area contributed by atoms with E-state index in [9.17, 15) is 14.7 Å². The van der Waals surface area contributed by atoms with E-state index in [0.717, 1.165) is 11.1 Å². The summed E-state index contributed by atoms with van der Waals surface area (Å²) in [7, 11) is 0. The van der Waals surface area contributed by atoms with Crippen LogP contribution in [-0.4, -0.2) is 27.0 Å². The zero-order chi connectivity index (χ0) is 30.6. The first kappa shape index (κ1) is 29.6. The fourth-order valence-corrected chi connectivity index (χ4v) is 6.76. The van der Waals surface area contributed by atoms with Gasteiger partial charge in [-0.25, -0.2) is 0 Å². The van der Waals surface area contributed by atoms with Crippen LogP contribution in [0.5, 0.6) is 5.75 Å². The first-order valence-electron chi connectivity index (χ1n) is 13.7. The zero-order valence-corrected chi connectivity index (χ0v) is 25.9. The van der Waals surface area contributed by atoms with Crippen LogP contribution in [0.15, 0.2) is 113 Å². The van der Waals surface area contributed by atoms with Crippen molar-refractivity contribution in [3.8, 4) is 5.75 Å². The molecule has 1 unspecified atom stereocenters. The number of benzene rings is 4. The van der Waals surface area contributed by atoms with E-state index in [1.807, 2.05) is 43.3 Å². The van der Waals surface area contributed by atoms with Crippen LogP contribution >= 0.6 is 34.7 Å². The summed E-state index contributed by atoms with van der Waals surface area (Å²) in [6, 6.07) is 30.6. The first-order chi connectivity index (χ1) is 21.4. The number of halogens is 1. The summed E-state index contributed by atoms with van der Waals surface area (Å²) in [5.41, 5.74) is 4.20. The molecule has 5 aromatic rings. The fraction of sp³-hybridized carbons (Fsp3) is 0.118. The van der Waals surface area contributed by atoms with Gasteiger partial charge in [0.05, 0.1) is 11.6 Å². The number of nitrogens with zero attached hydrogens (tertiary/aromatic N) is 3. The Kier molecular flexibility index (Phi) is 8.79. The minimum absolute atomic E-state index is 0.0541. The molecule has 1 saturated heterocycles. The summed E-state index contributed by atoms with van der Waals surface area (Å²) in [5.74, 6) is -0.694. The number of aliphatic hydroxyl groups is 1. The van der Waals surface area contributed by atoms with Gasteiger partial charge in [-0.3, -0.25) is 14.5 Å². The van der Waals surface area contributed by atoms with E-state index >= 15 is 0 Å². The Hall–Kier alpha value is -4.44. The van der Waals surface area contributed by atoms with E-state index in [0.29, 0.717) is 38.6 Å². The molecule has 0 aliphatic carbocycles. The third kappa shape index (κ3) is 6.40. The van der Waals surface area contributed by atoms with Crippen LogP contribution in [0.1, 0.15) is 33.9 Å². The normalized spacial score (nSPS) is 16.0. The molecule has 1 amide bonds. The lowest BCUT2D eigenvalue weighted by molar-refractivity contribution is -0.132. The molecule has 6 rings (SSSR count). The Balaban J connectivity index is 1.36. The lowest BCUT2D eigenvalue weighted by Gasteiger charge is -2.23. The summed E-state index contributed by atoms with van der Waals surface area (Å²) in [6.45, 7) is 2.38. The van der Waals surface area contributed by atoms with Crippen LogP contribution in [0.25, 0.3) is 5.76 Å². The van der Waals surface area contributed by atoms with Gasteiger partial charge in [0.15, 0.2) is 4.34 Å². The summed E-state index contributed by atoms with van der Waals surface area (Å²) >= 11 is 8.78. The smallest absolute Gasteiger partial charge is 0.301 e. The number of aliphatic hydroxyl groups excluding tert-OH is 1. The summed E-state index contributed by atoms with van der Waals surface area (Å²) in [5, 5.41) is 20.8. The van der Waals surface area contributed by atoms with E-state index in [1.54, 1.807) is 42.5 Å². The maximum atomic E-state index is 13.6. The summed E-state index contributed by atoms with van der Waals surface area (Å²) < 4.78 is 6.71. The second-order valence-corrected chi connectivity index (χ2v) is 12.8. The van der Waals surface area contributed by atoms with Crippen molar-refractivity contribution in [2.24, 2.45) is 0 Å². The Morgan fingerprint density at radius 2 is 1.68 bits per heavy atom. The molecule has 1 aromatic heterocycles. The van der Waals surface area contributed by atoms with Gasteiger partial charge in [0.2, 0.25) is 5.13 Å². The van der Waals surface area contributed by atoms with Crippen LogP contribution in [0.2, 0.25) is 5.02 Å². The van der Waals surface area contributed by atoms with Crippen LogP contribution in [-0.2, 0) is 21.9 Å². The van der Waals surface area contributed by atoms with Gasteiger partial charge in [-0.1, -0.05) is 107 Å². The highest BCUT2D eigenvalue weighted by molar-refractivity contribution is 8.00. The maximum Gasteiger partial charge on any atom is 0.301 e. The number of Topliss-reactive ketones (excluding diaryl/α,β-unsaturated/α-hetero) is 1. The van der Waals surface area contributed by atoms with Gasteiger partial charge in [0, 0.05) is 16.3 Å². The van der Waals surface area contributed by atoms with E-state index in [2.05, 4.69) is 34.5 Å². The quantitative estimate of drug-likeness (QED) is 0.0574.